The minimum atomic E-state index is -4.44. The van der Waals surface area contributed by atoms with Crippen LogP contribution in [0.5, 0.6) is 0 Å². The number of aromatic nitrogens is 3. The molecule has 0 unspecified atom stereocenters. The number of carbonyl (C=O) groups is 1. The van der Waals surface area contributed by atoms with Crippen molar-refractivity contribution in [3.8, 4) is 0 Å². The Labute approximate surface area is 158 Å². The molecule has 0 saturated carbocycles. The van der Waals surface area contributed by atoms with E-state index in [1.807, 2.05) is 0 Å². The molecule has 0 aliphatic rings. The summed E-state index contributed by atoms with van der Waals surface area (Å²) in [7, 11) is 0. The van der Waals surface area contributed by atoms with E-state index in [0.29, 0.717) is 17.2 Å². The lowest BCUT2D eigenvalue weighted by atomic mass is 10.2. The molecule has 0 aliphatic carbocycles. The molecule has 3 aromatic rings. The summed E-state index contributed by atoms with van der Waals surface area (Å²) in [5.74, 6) is 0.210. The maximum absolute atomic E-state index is 12.8. The molecule has 0 spiro atoms. The first kappa shape index (κ1) is 19.1. The van der Waals surface area contributed by atoms with Crippen molar-refractivity contribution in [2.45, 2.75) is 13.1 Å². The molecule has 0 aliphatic heterocycles. The Morgan fingerprint density at radius 3 is 2.36 bits per heavy atom. The molecule has 0 saturated heterocycles. The standard InChI is InChI=1S/C18H15F3N6O/c1-11(28)23-13-5-7-14(8-6-13)24-16-10-22-27-17(26-16)25-15-4-2-3-12(9-15)18(19,20)21/h2-10H,1H3,(H,23,28)(H2,24,25,26,27). The van der Waals surface area contributed by atoms with Crippen LogP contribution in [0.3, 0.4) is 0 Å². The molecule has 7 nitrogen and oxygen atoms in total. The second-order valence-electron chi connectivity index (χ2n) is 5.75. The second-order valence-corrected chi connectivity index (χ2v) is 5.75. The average molecular weight is 388 g/mol. The van der Waals surface area contributed by atoms with Gasteiger partial charge in [-0.25, -0.2) is 0 Å². The molecule has 0 fully saturated rings. The summed E-state index contributed by atoms with van der Waals surface area (Å²) in [4.78, 5) is 15.2. The predicted octanol–water partition coefficient (Wildman–Crippen LogP) is 4.34. The zero-order valence-electron chi connectivity index (χ0n) is 14.6. The lowest BCUT2D eigenvalue weighted by Gasteiger charge is -2.10. The molecule has 144 valence electrons. The number of benzene rings is 2. The van der Waals surface area contributed by atoms with E-state index >= 15 is 0 Å². The SMILES string of the molecule is CC(=O)Nc1ccc(Nc2cnnc(Nc3cccc(C(F)(F)F)c3)n2)cc1. The molecule has 3 rings (SSSR count). The Hall–Kier alpha value is -3.69. The number of halogens is 3. The Kier molecular flexibility index (Phi) is 5.39. The van der Waals surface area contributed by atoms with Gasteiger partial charge in [-0.3, -0.25) is 4.79 Å². The van der Waals surface area contributed by atoms with E-state index in [9.17, 15) is 18.0 Å². The van der Waals surface area contributed by atoms with Crippen LogP contribution in [0.15, 0.2) is 54.7 Å². The fraction of sp³-hybridized carbons (Fsp3) is 0.111. The molecular weight excluding hydrogens is 373 g/mol. The minimum absolute atomic E-state index is 0.0409. The summed E-state index contributed by atoms with van der Waals surface area (Å²) >= 11 is 0. The smallest absolute Gasteiger partial charge is 0.339 e. The van der Waals surface area contributed by atoms with E-state index in [2.05, 4.69) is 31.1 Å². The number of alkyl halides is 3. The van der Waals surface area contributed by atoms with Crippen molar-refractivity contribution in [1.29, 1.82) is 0 Å². The van der Waals surface area contributed by atoms with Crippen LogP contribution in [0.4, 0.5) is 42.0 Å². The molecule has 3 N–H and O–H groups in total. The summed E-state index contributed by atoms with van der Waals surface area (Å²) in [5.41, 5.74) is 0.734. The lowest BCUT2D eigenvalue weighted by molar-refractivity contribution is -0.137. The average Bonchev–Trinajstić information content (AvgIpc) is 2.63. The third-order valence-corrected chi connectivity index (χ3v) is 3.48. The highest BCUT2D eigenvalue weighted by molar-refractivity contribution is 5.88. The summed E-state index contributed by atoms with van der Waals surface area (Å²) in [6, 6.07) is 11.6. The van der Waals surface area contributed by atoms with Gasteiger partial charge in [-0.1, -0.05) is 6.07 Å². The molecule has 2 aromatic carbocycles. The van der Waals surface area contributed by atoms with E-state index in [4.69, 9.17) is 0 Å². The van der Waals surface area contributed by atoms with Crippen LogP contribution in [-0.4, -0.2) is 21.1 Å². The van der Waals surface area contributed by atoms with Crippen LogP contribution >= 0.6 is 0 Å². The van der Waals surface area contributed by atoms with E-state index in [-0.39, 0.29) is 17.5 Å². The van der Waals surface area contributed by atoms with Crippen LogP contribution in [0.1, 0.15) is 12.5 Å². The summed E-state index contributed by atoms with van der Waals surface area (Å²) in [5, 5.41) is 15.9. The zero-order valence-corrected chi connectivity index (χ0v) is 14.6. The molecule has 10 heteroatoms. The maximum atomic E-state index is 12.8. The largest absolute Gasteiger partial charge is 0.416 e. The number of hydrogen-bond donors (Lipinski definition) is 3. The summed E-state index contributed by atoms with van der Waals surface area (Å²) < 4.78 is 38.4. The van der Waals surface area contributed by atoms with Crippen molar-refractivity contribution in [3.63, 3.8) is 0 Å². The lowest BCUT2D eigenvalue weighted by Crippen LogP contribution is -2.06. The zero-order chi connectivity index (χ0) is 20.1. The van der Waals surface area contributed by atoms with Gasteiger partial charge >= 0.3 is 6.18 Å². The van der Waals surface area contributed by atoms with Gasteiger partial charge in [-0.05, 0) is 42.5 Å². The molecule has 1 aromatic heterocycles. The van der Waals surface area contributed by atoms with Gasteiger partial charge in [-0.15, -0.1) is 5.10 Å². The number of rotatable bonds is 5. The van der Waals surface area contributed by atoms with Gasteiger partial charge in [0.05, 0.1) is 11.8 Å². The van der Waals surface area contributed by atoms with E-state index < -0.39 is 11.7 Å². The van der Waals surface area contributed by atoms with Crippen LogP contribution in [0.25, 0.3) is 0 Å². The Bertz CT molecular complexity index is 976. The molecule has 0 bridgehead atoms. The third kappa shape index (κ3) is 5.16. The van der Waals surface area contributed by atoms with E-state index in [1.54, 1.807) is 24.3 Å². The maximum Gasteiger partial charge on any atom is 0.416 e. The highest BCUT2D eigenvalue weighted by Crippen LogP contribution is 2.31. The molecule has 1 amide bonds. The fourth-order valence-corrected chi connectivity index (χ4v) is 2.31. The van der Waals surface area contributed by atoms with Crippen LogP contribution < -0.4 is 16.0 Å². The van der Waals surface area contributed by atoms with Crippen molar-refractivity contribution in [2.75, 3.05) is 16.0 Å². The Morgan fingerprint density at radius 1 is 0.964 bits per heavy atom. The predicted molar refractivity (Wildman–Crippen MR) is 98.6 cm³/mol. The van der Waals surface area contributed by atoms with Gasteiger partial charge in [0.25, 0.3) is 0 Å². The summed E-state index contributed by atoms with van der Waals surface area (Å²) in [6.07, 6.45) is -3.07. The Morgan fingerprint density at radius 2 is 1.68 bits per heavy atom. The van der Waals surface area contributed by atoms with Crippen molar-refractivity contribution in [3.05, 3.63) is 60.3 Å². The van der Waals surface area contributed by atoms with Crippen molar-refractivity contribution < 1.29 is 18.0 Å². The second kappa shape index (κ2) is 7.91. The van der Waals surface area contributed by atoms with Gasteiger partial charge in [-0.2, -0.15) is 23.3 Å². The quantitative estimate of drug-likeness (QED) is 0.602. The highest BCUT2D eigenvalue weighted by Gasteiger charge is 2.30. The van der Waals surface area contributed by atoms with Crippen molar-refractivity contribution in [1.82, 2.24) is 15.2 Å². The molecular formula is C18H15F3N6O. The number of carbonyl (C=O) groups excluding carboxylic acids is 1. The number of anilines is 5. The number of nitrogens with zero attached hydrogens (tertiary/aromatic N) is 3. The Balaban J connectivity index is 1.71. The number of nitrogens with one attached hydrogen (secondary N) is 3. The molecule has 1 heterocycles. The first-order valence-corrected chi connectivity index (χ1v) is 8.08. The molecule has 0 atom stereocenters. The van der Waals surface area contributed by atoms with Crippen LogP contribution in [0, 0.1) is 0 Å². The number of amides is 1. The molecule has 28 heavy (non-hydrogen) atoms. The van der Waals surface area contributed by atoms with E-state index in [1.165, 1.54) is 25.3 Å². The normalized spacial score (nSPS) is 11.0. The monoisotopic (exact) mass is 388 g/mol. The molecule has 0 radical (unpaired) electrons. The van der Waals surface area contributed by atoms with Gasteiger partial charge in [0, 0.05) is 24.0 Å². The topological polar surface area (TPSA) is 91.8 Å². The minimum Gasteiger partial charge on any atom is -0.339 e. The fourth-order valence-electron chi connectivity index (χ4n) is 2.31. The van der Waals surface area contributed by atoms with Crippen LogP contribution in [0.2, 0.25) is 0 Å². The first-order chi connectivity index (χ1) is 13.3. The van der Waals surface area contributed by atoms with Crippen molar-refractivity contribution >= 4 is 34.7 Å². The van der Waals surface area contributed by atoms with Gasteiger partial charge < -0.3 is 16.0 Å². The number of hydrogen-bond acceptors (Lipinski definition) is 6. The van der Waals surface area contributed by atoms with Gasteiger partial charge in [0.2, 0.25) is 11.9 Å². The van der Waals surface area contributed by atoms with Gasteiger partial charge in [0.15, 0.2) is 5.82 Å². The van der Waals surface area contributed by atoms with Crippen LogP contribution in [-0.2, 0) is 11.0 Å². The van der Waals surface area contributed by atoms with Gasteiger partial charge in [0.1, 0.15) is 0 Å². The third-order valence-electron chi connectivity index (χ3n) is 3.48. The highest BCUT2D eigenvalue weighted by atomic mass is 19.4. The summed E-state index contributed by atoms with van der Waals surface area (Å²) in [6.45, 7) is 1.41. The van der Waals surface area contributed by atoms with Crippen molar-refractivity contribution in [2.24, 2.45) is 0 Å². The first-order valence-electron chi connectivity index (χ1n) is 8.08. The van der Waals surface area contributed by atoms with E-state index in [0.717, 1.165) is 12.1 Å².